The number of phenols is 1. The Hall–Kier alpha value is -2.08. The Morgan fingerprint density at radius 2 is 2.00 bits per heavy atom. The number of anilines is 1. The van der Waals surface area contributed by atoms with Gasteiger partial charge in [-0.15, -0.1) is 0 Å². The molecule has 142 valence electrons. The number of sulfone groups is 1. The average molecular weight is 456 g/mol. The lowest BCUT2D eigenvalue weighted by atomic mass is 10.2. The van der Waals surface area contributed by atoms with Crippen LogP contribution in [0.5, 0.6) is 5.75 Å². The molecule has 2 rings (SSSR count). The lowest BCUT2D eigenvalue weighted by molar-refractivity contribution is -0.144. The maximum absolute atomic E-state index is 13.0. The molecule has 0 saturated heterocycles. The third-order valence-corrected chi connectivity index (χ3v) is 5.91. The number of hydrogen-bond acceptors (Lipinski definition) is 5. The van der Waals surface area contributed by atoms with Gasteiger partial charge >= 0.3 is 6.18 Å². The number of nitrogens with zero attached hydrogens (tertiary/aromatic N) is 2. The first-order valence-corrected chi connectivity index (χ1v) is 9.49. The molecule has 0 spiro atoms. The molecule has 2 aromatic rings. The van der Waals surface area contributed by atoms with Gasteiger partial charge in [0.1, 0.15) is 5.75 Å². The van der Waals surface area contributed by atoms with Crippen LogP contribution in [0.3, 0.4) is 0 Å². The van der Waals surface area contributed by atoms with Gasteiger partial charge in [0, 0.05) is 7.05 Å². The van der Waals surface area contributed by atoms with E-state index in [-0.39, 0.29) is 16.3 Å². The zero-order valence-electron chi connectivity index (χ0n) is 13.4. The normalized spacial score (nSPS) is 12.2. The predicted octanol–water partition coefficient (Wildman–Crippen LogP) is 2.95. The quantitative estimate of drug-likeness (QED) is 0.690. The number of carbonyl (C=O) groups excluding carboxylic acids is 1. The third kappa shape index (κ3) is 3.85. The zero-order chi connectivity index (χ0) is 19.9. The number of aryl methyl sites for hydroxylation is 1. The average Bonchev–Trinajstić information content (AvgIpc) is 2.83. The van der Waals surface area contributed by atoms with E-state index in [1.807, 2.05) is 0 Å². The smallest absolute Gasteiger partial charge is 0.434 e. The van der Waals surface area contributed by atoms with Gasteiger partial charge < -0.3 is 10.4 Å². The minimum atomic E-state index is -4.74. The Morgan fingerprint density at radius 1 is 1.38 bits per heavy atom. The Kier molecular flexibility index (Phi) is 5.38. The molecule has 1 aromatic carbocycles. The van der Waals surface area contributed by atoms with Crippen LogP contribution in [0.2, 0.25) is 0 Å². The molecule has 1 heterocycles. The topological polar surface area (TPSA) is 101 Å². The number of halogens is 4. The van der Waals surface area contributed by atoms with Crippen LogP contribution in [0, 0.1) is 0 Å². The summed E-state index contributed by atoms with van der Waals surface area (Å²) in [6, 6.07) is 3.24. The van der Waals surface area contributed by atoms with Gasteiger partial charge in [0.25, 0.3) is 5.91 Å². The highest BCUT2D eigenvalue weighted by molar-refractivity contribution is 9.10. The largest absolute Gasteiger partial charge is 0.506 e. The van der Waals surface area contributed by atoms with E-state index in [0.29, 0.717) is 4.68 Å². The number of aromatic hydroxyl groups is 1. The van der Waals surface area contributed by atoms with Crippen LogP contribution in [-0.2, 0) is 23.1 Å². The van der Waals surface area contributed by atoms with Crippen LogP contribution < -0.4 is 5.32 Å². The molecule has 0 unspecified atom stereocenters. The first kappa shape index (κ1) is 20.2. The molecule has 7 nitrogen and oxygen atoms in total. The summed E-state index contributed by atoms with van der Waals surface area (Å²) in [5, 5.41) is 15.5. The van der Waals surface area contributed by atoms with Gasteiger partial charge in [0.15, 0.2) is 21.2 Å². The van der Waals surface area contributed by atoms with Gasteiger partial charge in [-0.05, 0) is 34.1 Å². The van der Waals surface area contributed by atoms with Gasteiger partial charge in [0.05, 0.1) is 20.8 Å². The van der Waals surface area contributed by atoms with Crippen molar-refractivity contribution in [1.82, 2.24) is 9.78 Å². The lowest BCUT2D eigenvalue weighted by Crippen LogP contribution is -2.14. The van der Waals surface area contributed by atoms with Crippen molar-refractivity contribution in [2.24, 2.45) is 7.05 Å². The van der Waals surface area contributed by atoms with Gasteiger partial charge in [-0.1, -0.05) is 6.92 Å². The summed E-state index contributed by atoms with van der Waals surface area (Å²) < 4.78 is 62.6. The van der Waals surface area contributed by atoms with Crippen LogP contribution in [0.25, 0.3) is 0 Å². The number of benzene rings is 1. The number of nitrogens with one attached hydrogen (secondary N) is 1. The van der Waals surface area contributed by atoms with Crippen molar-refractivity contribution in [2.75, 3.05) is 11.1 Å². The fourth-order valence-corrected chi connectivity index (χ4v) is 3.75. The van der Waals surface area contributed by atoms with Crippen molar-refractivity contribution in [3.05, 3.63) is 34.1 Å². The van der Waals surface area contributed by atoms with Crippen molar-refractivity contribution < 1.29 is 31.5 Å². The summed E-state index contributed by atoms with van der Waals surface area (Å²) >= 11 is 2.71. The molecule has 0 fully saturated rings. The highest BCUT2D eigenvalue weighted by Gasteiger charge is 2.39. The van der Waals surface area contributed by atoms with Crippen molar-refractivity contribution in [3.8, 4) is 5.75 Å². The molecule has 0 atom stereocenters. The number of phenolic OH excluding ortho intramolecular Hbond substituents is 1. The fourth-order valence-electron chi connectivity index (χ4n) is 2.11. The number of aromatic nitrogens is 2. The second kappa shape index (κ2) is 6.91. The third-order valence-electron chi connectivity index (χ3n) is 3.43. The fraction of sp³-hybridized carbons (Fsp3) is 0.286. The number of hydrogen-bond donors (Lipinski definition) is 2. The second-order valence-electron chi connectivity index (χ2n) is 5.17. The van der Waals surface area contributed by atoms with E-state index in [9.17, 15) is 31.5 Å². The minimum Gasteiger partial charge on any atom is -0.506 e. The van der Waals surface area contributed by atoms with Gasteiger partial charge in [-0.25, -0.2) is 8.42 Å². The predicted molar refractivity (Wildman–Crippen MR) is 89.7 cm³/mol. The molecule has 0 bridgehead atoms. The Balaban J connectivity index is 2.42. The first-order valence-electron chi connectivity index (χ1n) is 7.05. The molecule has 0 saturated carbocycles. The molecule has 0 aliphatic heterocycles. The minimum absolute atomic E-state index is 0.149. The highest BCUT2D eigenvalue weighted by Crippen LogP contribution is 2.36. The summed E-state index contributed by atoms with van der Waals surface area (Å²) in [7, 11) is -2.58. The molecular formula is C14H13BrF3N3O4S. The van der Waals surface area contributed by atoms with E-state index in [1.54, 1.807) is 0 Å². The van der Waals surface area contributed by atoms with Crippen LogP contribution >= 0.6 is 15.9 Å². The molecule has 1 aromatic heterocycles. The van der Waals surface area contributed by atoms with Crippen molar-refractivity contribution in [1.29, 1.82) is 0 Å². The van der Waals surface area contributed by atoms with Crippen LogP contribution in [-0.4, -0.2) is 35.0 Å². The van der Waals surface area contributed by atoms with E-state index in [1.165, 1.54) is 6.92 Å². The molecule has 26 heavy (non-hydrogen) atoms. The zero-order valence-corrected chi connectivity index (χ0v) is 15.8. The number of carbonyl (C=O) groups is 1. The highest BCUT2D eigenvalue weighted by atomic mass is 79.9. The van der Waals surface area contributed by atoms with E-state index in [4.69, 9.17) is 0 Å². The van der Waals surface area contributed by atoms with Crippen molar-refractivity contribution in [3.63, 3.8) is 0 Å². The maximum Gasteiger partial charge on any atom is 0.434 e. The van der Waals surface area contributed by atoms with E-state index in [2.05, 4.69) is 26.3 Å². The van der Waals surface area contributed by atoms with Gasteiger partial charge in [-0.2, -0.15) is 18.3 Å². The number of amides is 1. The molecule has 12 heteroatoms. The standard InChI is InChI=1S/C14H13BrF3N3O4S/c1-3-26(24,25)7-4-5-9(22)8(6-7)19-13(23)11-10(15)12(14(16,17)18)21(2)20-11/h4-6,22H,3H2,1-2H3,(H,19,23). The van der Waals surface area contributed by atoms with Crippen LogP contribution in [0.1, 0.15) is 23.1 Å². The monoisotopic (exact) mass is 455 g/mol. The van der Waals surface area contributed by atoms with E-state index >= 15 is 0 Å². The first-order chi connectivity index (χ1) is 11.9. The molecule has 0 aliphatic carbocycles. The number of rotatable bonds is 4. The van der Waals surface area contributed by atoms with Crippen molar-refractivity contribution >= 4 is 37.4 Å². The molecule has 1 amide bonds. The summed E-state index contributed by atoms with van der Waals surface area (Å²) in [4.78, 5) is 12.1. The van der Waals surface area contributed by atoms with Crippen LogP contribution in [0.15, 0.2) is 27.6 Å². The second-order valence-corrected chi connectivity index (χ2v) is 8.24. The Morgan fingerprint density at radius 3 is 2.50 bits per heavy atom. The van der Waals surface area contributed by atoms with E-state index < -0.39 is 43.5 Å². The summed E-state index contributed by atoms with van der Waals surface area (Å²) in [6.07, 6.45) is -4.74. The summed E-state index contributed by atoms with van der Waals surface area (Å²) in [6.45, 7) is 1.42. The molecular weight excluding hydrogens is 443 g/mol. The summed E-state index contributed by atoms with van der Waals surface area (Å²) in [5.41, 5.74) is -1.99. The number of alkyl halides is 3. The Labute approximate surface area is 154 Å². The molecule has 0 aliphatic rings. The van der Waals surface area contributed by atoms with Gasteiger partial charge in [0.2, 0.25) is 0 Å². The van der Waals surface area contributed by atoms with Crippen molar-refractivity contribution in [2.45, 2.75) is 18.0 Å². The molecule has 0 radical (unpaired) electrons. The van der Waals surface area contributed by atoms with Crippen LogP contribution in [0.4, 0.5) is 18.9 Å². The van der Waals surface area contributed by atoms with Gasteiger partial charge in [-0.3, -0.25) is 9.48 Å². The molecule has 2 N–H and O–H groups in total. The Bertz CT molecular complexity index is 971. The lowest BCUT2D eigenvalue weighted by Gasteiger charge is -2.09. The SMILES string of the molecule is CCS(=O)(=O)c1ccc(O)c(NC(=O)c2nn(C)c(C(F)(F)F)c2Br)c1. The van der Waals surface area contributed by atoms with E-state index in [0.717, 1.165) is 25.2 Å². The summed E-state index contributed by atoms with van der Waals surface area (Å²) in [5.74, 6) is -1.70. The maximum atomic E-state index is 13.0.